The van der Waals surface area contributed by atoms with Gasteiger partial charge in [0.1, 0.15) is 12.4 Å². The monoisotopic (exact) mass is 365 g/mol. The number of carbonyl (C=O) groups excluding carboxylic acids is 1. The molecule has 0 saturated heterocycles. The van der Waals surface area contributed by atoms with Gasteiger partial charge in [-0.25, -0.2) is 4.68 Å². The van der Waals surface area contributed by atoms with E-state index in [0.717, 1.165) is 17.0 Å². The van der Waals surface area contributed by atoms with E-state index >= 15 is 0 Å². The van der Waals surface area contributed by atoms with Crippen molar-refractivity contribution in [1.82, 2.24) is 14.7 Å². The van der Waals surface area contributed by atoms with Crippen LogP contribution in [0, 0.1) is 6.92 Å². The highest BCUT2D eigenvalue weighted by molar-refractivity contribution is 5.94. The first kappa shape index (κ1) is 18.5. The Morgan fingerprint density at radius 3 is 2.63 bits per heavy atom. The lowest BCUT2D eigenvalue weighted by Gasteiger charge is -2.17. The SMILES string of the molecule is COc1cn(-c2ccccc2)nc1C(=O)N(C)CCOc1cccc(C)c1. The summed E-state index contributed by atoms with van der Waals surface area (Å²) in [5, 5.41) is 4.41. The lowest BCUT2D eigenvalue weighted by Crippen LogP contribution is -2.31. The number of methoxy groups -OCH3 is 1. The van der Waals surface area contributed by atoms with Crippen LogP contribution < -0.4 is 9.47 Å². The zero-order valence-corrected chi connectivity index (χ0v) is 15.8. The summed E-state index contributed by atoms with van der Waals surface area (Å²) in [6.45, 7) is 2.85. The molecule has 0 spiro atoms. The van der Waals surface area contributed by atoms with Gasteiger partial charge in [0.25, 0.3) is 5.91 Å². The number of amides is 1. The molecule has 0 atom stereocenters. The quantitative estimate of drug-likeness (QED) is 0.644. The Labute approximate surface area is 158 Å². The molecule has 1 heterocycles. The number of ether oxygens (including phenoxy) is 2. The smallest absolute Gasteiger partial charge is 0.278 e. The standard InChI is InChI=1S/C21H23N3O3/c1-16-8-7-11-18(14-16)27-13-12-23(2)21(25)20-19(26-3)15-24(22-20)17-9-5-4-6-10-17/h4-11,14-15H,12-13H2,1-3H3. The van der Waals surface area contributed by atoms with E-state index in [9.17, 15) is 4.79 Å². The fourth-order valence-corrected chi connectivity index (χ4v) is 2.66. The molecule has 3 aromatic rings. The Hall–Kier alpha value is -3.28. The minimum atomic E-state index is -0.214. The van der Waals surface area contributed by atoms with E-state index in [1.807, 2.05) is 61.5 Å². The topological polar surface area (TPSA) is 56.6 Å². The molecule has 0 radical (unpaired) electrons. The minimum absolute atomic E-state index is 0.214. The third kappa shape index (κ3) is 4.47. The van der Waals surface area contributed by atoms with E-state index in [-0.39, 0.29) is 11.6 Å². The molecule has 140 valence electrons. The van der Waals surface area contributed by atoms with Crippen molar-refractivity contribution in [2.24, 2.45) is 0 Å². The van der Waals surface area contributed by atoms with Crippen LogP contribution in [-0.4, -0.2) is 47.9 Å². The Bertz CT molecular complexity index is 906. The van der Waals surface area contributed by atoms with E-state index in [1.165, 1.54) is 7.11 Å². The van der Waals surface area contributed by atoms with Gasteiger partial charge in [-0.05, 0) is 36.8 Å². The molecule has 0 bridgehead atoms. The van der Waals surface area contributed by atoms with Crippen LogP contribution in [0.15, 0.2) is 60.8 Å². The second kappa shape index (κ2) is 8.40. The summed E-state index contributed by atoms with van der Waals surface area (Å²) >= 11 is 0. The molecule has 1 aromatic heterocycles. The van der Waals surface area contributed by atoms with Gasteiger partial charge in [0.2, 0.25) is 0 Å². The van der Waals surface area contributed by atoms with Crippen molar-refractivity contribution in [3.63, 3.8) is 0 Å². The lowest BCUT2D eigenvalue weighted by molar-refractivity contribution is 0.0764. The molecule has 3 rings (SSSR count). The van der Waals surface area contributed by atoms with Crippen molar-refractivity contribution in [3.8, 4) is 17.2 Å². The van der Waals surface area contributed by atoms with E-state index in [1.54, 1.807) is 22.8 Å². The lowest BCUT2D eigenvalue weighted by atomic mass is 10.2. The molecule has 0 aliphatic carbocycles. The fraction of sp³-hybridized carbons (Fsp3) is 0.238. The summed E-state index contributed by atoms with van der Waals surface area (Å²) in [5.74, 6) is 1.02. The van der Waals surface area contributed by atoms with E-state index in [4.69, 9.17) is 9.47 Å². The van der Waals surface area contributed by atoms with Gasteiger partial charge in [0.15, 0.2) is 11.4 Å². The molecule has 0 N–H and O–H groups in total. The molecule has 27 heavy (non-hydrogen) atoms. The number of nitrogens with zero attached hydrogens (tertiary/aromatic N) is 3. The molecule has 0 unspecified atom stereocenters. The number of carbonyl (C=O) groups is 1. The number of rotatable bonds is 7. The van der Waals surface area contributed by atoms with Crippen LogP contribution in [0.1, 0.15) is 16.1 Å². The van der Waals surface area contributed by atoms with Gasteiger partial charge in [-0.2, -0.15) is 5.10 Å². The van der Waals surface area contributed by atoms with Gasteiger partial charge >= 0.3 is 0 Å². The number of aryl methyl sites for hydroxylation is 1. The average molecular weight is 365 g/mol. The van der Waals surface area contributed by atoms with Crippen molar-refractivity contribution in [1.29, 1.82) is 0 Å². The summed E-state index contributed by atoms with van der Waals surface area (Å²) in [7, 11) is 3.26. The van der Waals surface area contributed by atoms with Crippen LogP contribution in [0.25, 0.3) is 5.69 Å². The minimum Gasteiger partial charge on any atom is -0.493 e. The molecule has 2 aromatic carbocycles. The van der Waals surface area contributed by atoms with Gasteiger partial charge in [-0.3, -0.25) is 4.79 Å². The maximum Gasteiger partial charge on any atom is 0.278 e. The second-order valence-corrected chi connectivity index (χ2v) is 6.22. The highest BCUT2D eigenvalue weighted by atomic mass is 16.5. The largest absolute Gasteiger partial charge is 0.493 e. The number of para-hydroxylation sites is 1. The summed E-state index contributed by atoms with van der Waals surface area (Å²) < 4.78 is 12.7. The third-order valence-corrected chi connectivity index (χ3v) is 4.16. The predicted molar refractivity (Wildman–Crippen MR) is 104 cm³/mol. The number of hydrogen-bond acceptors (Lipinski definition) is 4. The van der Waals surface area contributed by atoms with Crippen LogP contribution in [0.5, 0.6) is 11.5 Å². The van der Waals surface area contributed by atoms with Crippen LogP contribution in [0.3, 0.4) is 0 Å². The van der Waals surface area contributed by atoms with Gasteiger partial charge in [0.05, 0.1) is 25.5 Å². The zero-order valence-electron chi connectivity index (χ0n) is 15.8. The summed E-state index contributed by atoms with van der Waals surface area (Å²) in [5.41, 5.74) is 2.27. The van der Waals surface area contributed by atoms with E-state index in [2.05, 4.69) is 5.10 Å². The molecule has 0 aliphatic rings. The Morgan fingerprint density at radius 2 is 1.93 bits per heavy atom. The first-order valence-corrected chi connectivity index (χ1v) is 8.72. The molecule has 1 amide bonds. The summed E-state index contributed by atoms with van der Waals surface area (Å²) in [6.07, 6.45) is 1.71. The Balaban J connectivity index is 1.66. The first-order valence-electron chi connectivity index (χ1n) is 8.72. The summed E-state index contributed by atoms with van der Waals surface area (Å²) in [6, 6.07) is 17.4. The molecular formula is C21H23N3O3. The molecular weight excluding hydrogens is 342 g/mol. The Morgan fingerprint density at radius 1 is 1.15 bits per heavy atom. The maximum absolute atomic E-state index is 12.8. The van der Waals surface area contributed by atoms with Crippen molar-refractivity contribution in [3.05, 3.63) is 72.1 Å². The Kier molecular flexibility index (Phi) is 5.76. The van der Waals surface area contributed by atoms with Gasteiger partial charge in [0, 0.05) is 7.05 Å². The van der Waals surface area contributed by atoms with Gasteiger partial charge < -0.3 is 14.4 Å². The van der Waals surface area contributed by atoms with E-state index in [0.29, 0.717) is 18.9 Å². The fourth-order valence-electron chi connectivity index (χ4n) is 2.66. The van der Waals surface area contributed by atoms with Crippen LogP contribution in [0.4, 0.5) is 0 Å². The highest BCUT2D eigenvalue weighted by Gasteiger charge is 2.21. The molecule has 0 saturated carbocycles. The van der Waals surface area contributed by atoms with Gasteiger partial charge in [-0.1, -0.05) is 30.3 Å². The molecule has 0 fully saturated rings. The third-order valence-electron chi connectivity index (χ3n) is 4.16. The van der Waals surface area contributed by atoms with Gasteiger partial charge in [-0.15, -0.1) is 0 Å². The van der Waals surface area contributed by atoms with Crippen molar-refractivity contribution >= 4 is 5.91 Å². The second-order valence-electron chi connectivity index (χ2n) is 6.22. The maximum atomic E-state index is 12.8. The van der Waals surface area contributed by atoms with Crippen molar-refractivity contribution in [2.45, 2.75) is 6.92 Å². The highest BCUT2D eigenvalue weighted by Crippen LogP contribution is 2.21. The van der Waals surface area contributed by atoms with Crippen LogP contribution >= 0.6 is 0 Å². The van der Waals surface area contributed by atoms with E-state index < -0.39 is 0 Å². The molecule has 6 heteroatoms. The van der Waals surface area contributed by atoms with Crippen molar-refractivity contribution in [2.75, 3.05) is 27.3 Å². The number of benzene rings is 2. The zero-order chi connectivity index (χ0) is 19.2. The summed E-state index contributed by atoms with van der Waals surface area (Å²) in [4.78, 5) is 14.4. The van der Waals surface area contributed by atoms with Crippen LogP contribution in [0.2, 0.25) is 0 Å². The average Bonchev–Trinajstić information content (AvgIpc) is 3.12. The molecule has 0 aliphatic heterocycles. The van der Waals surface area contributed by atoms with Crippen LogP contribution in [-0.2, 0) is 0 Å². The first-order chi connectivity index (χ1) is 13.1. The van der Waals surface area contributed by atoms with Crippen molar-refractivity contribution < 1.29 is 14.3 Å². The number of aromatic nitrogens is 2. The number of hydrogen-bond donors (Lipinski definition) is 0. The molecule has 6 nitrogen and oxygen atoms in total. The number of likely N-dealkylation sites (N-methyl/N-ethyl adjacent to an activating group) is 1. The predicted octanol–water partition coefficient (Wildman–Crippen LogP) is 3.34. The normalized spacial score (nSPS) is 10.5.